The Hall–Kier alpha value is -0.940. The fourth-order valence-corrected chi connectivity index (χ4v) is 2.63. The zero-order valence-corrected chi connectivity index (χ0v) is 10.3. The van der Waals surface area contributed by atoms with Gasteiger partial charge in [0.2, 0.25) is 5.91 Å². The van der Waals surface area contributed by atoms with Crippen LogP contribution in [0.15, 0.2) is 6.20 Å². The first-order valence-corrected chi connectivity index (χ1v) is 6.47. The zero-order chi connectivity index (χ0) is 11.4. The van der Waals surface area contributed by atoms with E-state index < -0.39 is 0 Å². The van der Waals surface area contributed by atoms with Gasteiger partial charge < -0.3 is 10.6 Å². The summed E-state index contributed by atoms with van der Waals surface area (Å²) in [6.07, 6.45) is 4.73. The fraction of sp³-hybridized carbons (Fsp3) is 0.636. The van der Waals surface area contributed by atoms with Crippen molar-refractivity contribution in [3.8, 4) is 0 Å². The lowest BCUT2D eigenvalue weighted by molar-refractivity contribution is -0.121. The van der Waals surface area contributed by atoms with E-state index in [1.165, 1.54) is 6.42 Å². The Balaban J connectivity index is 1.71. The van der Waals surface area contributed by atoms with Crippen molar-refractivity contribution in [1.29, 1.82) is 0 Å². The molecule has 0 saturated carbocycles. The summed E-state index contributed by atoms with van der Waals surface area (Å²) in [6.45, 7) is 3.63. The van der Waals surface area contributed by atoms with E-state index in [1.54, 1.807) is 11.3 Å². The lowest BCUT2D eigenvalue weighted by atomic mass is 10.1. The predicted octanol–water partition coefficient (Wildman–Crippen LogP) is 1.21. The highest BCUT2D eigenvalue weighted by molar-refractivity contribution is 7.11. The van der Waals surface area contributed by atoms with Crippen molar-refractivity contribution < 1.29 is 4.79 Å². The first-order valence-electron chi connectivity index (χ1n) is 5.65. The van der Waals surface area contributed by atoms with Crippen molar-refractivity contribution >= 4 is 17.2 Å². The van der Waals surface area contributed by atoms with Gasteiger partial charge in [-0.1, -0.05) is 0 Å². The van der Waals surface area contributed by atoms with Gasteiger partial charge in [-0.15, -0.1) is 11.3 Å². The molecule has 16 heavy (non-hydrogen) atoms. The second-order valence-electron chi connectivity index (χ2n) is 4.12. The normalized spacial score (nSPS) is 19.9. The molecule has 2 heterocycles. The summed E-state index contributed by atoms with van der Waals surface area (Å²) in [6, 6.07) is 0.378. The fourth-order valence-electron chi connectivity index (χ4n) is 1.90. The molecule has 1 amide bonds. The van der Waals surface area contributed by atoms with Crippen LogP contribution >= 0.6 is 11.3 Å². The van der Waals surface area contributed by atoms with E-state index in [0.717, 1.165) is 22.9 Å². The smallest absolute Gasteiger partial charge is 0.221 e. The van der Waals surface area contributed by atoms with E-state index >= 15 is 0 Å². The maximum Gasteiger partial charge on any atom is 0.221 e. The molecule has 0 aromatic carbocycles. The van der Waals surface area contributed by atoms with Crippen molar-refractivity contribution in [2.75, 3.05) is 6.54 Å². The molecule has 0 aliphatic carbocycles. The Labute approximate surface area is 99.5 Å². The molecule has 88 valence electrons. The molecule has 0 spiro atoms. The molecule has 5 heteroatoms. The van der Waals surface area contributed by atoms with Crippen LogP contribution in [0.4, 0.5) is 0 Å². The lowest BCUT2D eigenvalue weighted by Gasteiger charge is -2.09. The van der Waals surface area contributed by atoms with Crippen LogP contribution in [0.3, 0.4) is 0 Å². The molecular weight excluding hydrogens is 222 g/mol. The van der Waals surface area contributed by atoms with E-state index in [4.69, 9.17) is 0 Å². The average Bonchev–Trinajstić information content (AvgIpc) is 2.87. The Morgan fingerprint density at radius 3 is 3.25 bits per heavy atom. The zero-order valence-electron chi connectivity index (χ0n) is 9.45. The number of thiazole rings is 1. The number of rotatable bonds is 4. The van der Waals surface area contributed by atoms with Crippen molar-refractivity contribution in [1.82, 2.24) is 15.6 Å². The van der Waals surface area contributed by atoms with Gasteiger partial charge in [0.05, 0.1) is 11.6 Å². The molecule has 0 bridgehead atoms. The summed E-state index contributed by atoms with van der Waals surface area (Å²) in [7, 11) is 0. The van der Waals surface area contributed by atoms with E-state index in [1.807, 2.05) is 13.1 Å². The number of nitrogens with zero attached hydrogens (tertiary/aromatic N) is 1. The monoisotopic (exact) mass is 239 g/mol. The summed E-state index contributed by atoms with van der Waals surface area (Å²) in [4.78, 5) is 16.9. The standard InChI is InChI=1S/C11H17N3OS/c1-8-13-6-10(16-8)7-14-11(15)5-9-3-2-4-12-9/h6,9,12H,2-5,7H2,1H3,(H,14,15). The number of amides is 1. The average molecular weight is 239 g/mol. The summed E-state index contributed by atoms with van der Waals surface area (Å²) < 4.78 is 0. The van der Waals surface area contributed by atoms with Gasteiger partial charge in [0, 0.05) is 23.5 Å². The van der Waals surface area contributed by atoms with Gasteiger partial charge >= 0.3 is 0 Å². The SMILES string of the molecule is Cc1ncc(CNC(=O)CC2CCCN2)s1. The Bertz CT molecular complexity index is 358. The number of carbonyl (C=O) groups is 1. The predicted molar refractivity (Wildman–Crippen MR) is 64.3 cm³/mol. The Kier molecular flexibility index (Phi) is 3.90. The van der Waals surface area contributed by atoms with Crippen LogP contribution in [0.25, 0.3) is 0 Å². The Morgan fingerprint density at radius 2 is 2.62 bits per heavy atom. The van der Waals surface area contributed by atoms with Gasteiger partial charge in [-0.2, -0.15) is 0 Å². The van der Waals surface area contributed by atoms with Crippen LogP contribution in [-0.4, -0.2) is 23.5 Å². The largest absolute Gasteiger partial charge is 0.351 e. The van der Waals surface area contributed by atoms with Gasteiger partial charge in [-0.05, 0) is 26.3 Å². The molecule has 0 radical (unpaired) electrons. The third kappa shape index (κ3) is 3.28. The molecule has 1 saturated heterocycles. The minimum atomic E-state index is 0.130. The molecule has 1 atom stereocenters. The van der Waals surface area contributed by atoms with Crippen LogP contribution in [-0.2, 0) is 11.3 Å². The molecule has 1 fully saturated rings. The lowest BCUT2D eigenvalue weighted by Crippen LogP contribution is -2.31. The number of hydrogen-bond acceptors (Lipinski definition) is 4. The van der Waals surface area contributed by atoms with E-state index in [2.05, 4.69) is 15.6 Å². The second-order valence-corrected chi connectivity index (χ2v) is 5.44. The third-order valence-corrected chi connectivity index (χ3v) is 3.64. The Morgan fingerprint density at radius 1 is 1.75 bits per heavy atom. The first-order chi connectivity index (χ1) is 7.74. The molecule has 2 rings (SSSR count). The van der Waals surface area contributed by atoms with Crippen LogP contribution in [0.1, 0.15) is 29.1 Å². The molecule has 1 aromatic rings. The molecule has 4 nitrogen and oxygen atoms in total. The first kappa shape index (κ1) is 11.5. The molecule has 1 aromatic heterocycles. The summed E-state index contributed by atoms with van der Waals surface area (Å²) in [5.41, 5.74) is 0. The number of hydrogen-bond donors (Lipinski definition) is 2. The highest BCUT2D eigenvalue weighted by Crippen LogP contribution is 2.11. The maximum atomic E-state index is 11.6. The highest BCUT2D eigenvalue weighted by atomic mass is 32.1. The van der Waals surface area contributed by atoms with Gasteiger partial charge in [0.15, 0.2) is 0 Å². The third-order valence-electron chi connectivity index (χ3n) is 2.72. The molecule has 1 aliphatic rings. The quantitative estimate of drug-likeness (QED) is 0.830. The van der Waals surface area contributed by atoms with Gasteiger partial charge in [0.1, 0.15) is 0 Å². The van der Waals surface area contributed by atoms with Crippen LogP contribution in [0.2, 0.25) is 0 Å². The highest BCUT2D eigenvalue weighted by Gasteiger charge is 2.17. The second kappa shape index (κ2) is 5.41. The van der Waals surface area contributed by atoms with Gasteiger partial charge in [-0.25, -0.2) is 4.98 Å². The molecule has 2 N–H and O–H groups in total. The minimum Gasteiger partial charge on any atom is -0.351 e. The van der Waals surface area contributed by atoms with Crippen molar-refractivity contribution in [3.05, 3.63) is 16.1 Å². The van der Waals surface area contributed by atoms with Crippen molar-refractivity contribution in [2.24, 2.45) is 0 Å². The maximum absolute atomic E-state index is 11.6. The van der Waals surface area contributed by atoms with Crippen LogP contribution in [0.5, 0.6) is 0 Å². The molecule has 1 aliphatic heterocycles. The number of aromatic nitrogens is 1. The topological polar surface area (TPSA) is 54.0 Å². The van der Waals surface area contributed by atoms with Gasteiger partial charge in [0.25, 0.3) is 0 Å². The van der Waals surface area contributed by atoms with E-state index in [0.29, 0.717) is 19.0 Å². The number of nitrogens with one attached hydrogen (secondary N) is 2. The molecule has 1 unspecified atom stereocenters. The van der Waals surface area contributed by atoms with E-state index in [-0.39, 0.29) is 5.91 Å². The summed E-state index contributed by atoms with van der Waals surface area (Å²) in [5, 5.41) is 7.29. The van der Waals surface area contributed by atoms with E-state index in [9.17, 15) is 4.79 Å². The summed E-state index contributed by atoms with van der Waals surface area (Å²) >= 11 is 1.63. The minimum absolute atomic E-state index is 0.130. The van der Waals surface area contributed by atoms with Crippen molar-refractivity contribution in [3.63, 3.8) is 0 Å². The molecular formula is C11H17N3OS. The summed E-state index contributed by atoms with van der Waals surface area (Å²) in [5.74, 6) is 0.130. The number of aryl methyl sites for hydroxylation is 1. The van der Waals surface area contributed by atoms with Gasteiger partial charge in [-0.3, -0.25) is 4.79 Å². The van der Waals surface area contributed by atoms with Crippen LogP contribution < -0.4 is 10.6 Å². The number of carbonyl (C=O) groups excluding carboxylic acids is 1. The van der Waals surface area contributed by atoms with Crippen molar-refractivity contribution in [2.45, 2.75) is 38.8 Å². The van der Waals surface area contributed by atoms with Crippen LogP contribution in [0, 0.1) is 6.92 Å².